The first-order valence-corrected chi connectivity index (χ1v) is 7.00. The molecule has 1 aromatic rings. The number of nitrogens with one attached hydrogen (secondary N) is 1. The first kappa shape index (κ1) is 15.2. The number of hydrogen-bond donors (Lipinski definition) is 1. The highest BCUT2D eigenvalue weighted by Crippen LogP contribution is 2.29. The van der Waals surface area contributed by atoms with Crippen molar-refractivity contribution < 1.29 is 18.6 Å². The van der Waals surface area contributed by atoms with Crippen LogP contribution in [0.15, 0.2) is 24.3 Å². The average molecular weight is 283 g/mol. The maximum Gasteiger partial charge on any atom is 0.128 e. The van der Waals surface area contributed by atoms with Gasteiger partial charge in [0.1, 0.15) is 23.8 Å². The molecule has 20 heavy (non-hydrogen) atoms. The molecule has 0 radical (unpaired) electrons. The maximum atomic E-state index is 13.1. The van der Waals surface area contributed by atoms with E-state index in [-0.39, 0.29) is 24.1 Å². The molecular weight excluding hydrogens is 261 g/mol. The van der Waals surface area contributed by atoms with Crippen LogP contribution in [-0.4, -0.2) is 45.1 Å². The van der Waals surface area contributed by atoms with E-state index in [4.69, 9.17) is 14.2 Å². The van der Waals surface area contributed by atoms with Gasteiger partial charge in [-0.1, -0.05) is 13.0 Å². The fraction of sp³-hybridized carbons (Fsp3) is 0.600. The van der Waals surface area contributed by atoms with E-state index in [2.05, 4.69) is 12.2 Å². The molecule has 0 aromatic heterocycles. The van der Waals surface area contributed by atoms with Gasteiger partial charge in [0.25, 0.3) is 0 Å². The van der Waals surface area contributed by atoms with Crippen molar-refractivity contribution >= 4 is 0 Å². The molecule has 4 nitrogen and oxygen atoms in total. The monoisotopic (exact) mass is 283 g/mol. The molecule has 1 N–H and O–H groups in total. The van der Waals surface area contributed by atoms with E-state index in [0.29, 0.717) is 19.0 Å². The zero-order valence-corrected chi connectivity index (χ0v) is 12.0. The lowest BCUT2D eigenvalue weighted by atomic mass is 9.85. The topological polar surface area (TPSA) is 39.7 Å². The van der Waals surface area contributed by atoms with Crippen molar-refractivity contribution in [3.63, 3.8) is 0 Å². The smallest absolute Gasteiger partial charge is 0.128 e. The average Bonchev–Trinajstić information content (AvgIpc) is 2.42. The molecule has 0 aliphatic heterocycles. The minimum Gasteiger partial charge on any atom is -0.487 e. The summed E-state index contributed by atoms with van der Waals surface area (Å²) in [6.45, 7) is 4.04. The summed E-state index contributed by atoms with van der Waals surface area (Å²) < 4.78 is 29.7. The van der Waals surface area contributed by atoms with Gasteiger partial charge in [-0.05, 0) is 18.7 Å². The summed E-state index contributed by atoms with van der Waals surface area (Å²) >= 11 is 0. The lowest BCUT2D eigenvalue weighted by Gasteiger charge is -2.44. The third-order valence-corrected chi connectivity index (χ3v) is 3.40. The van der Waals surface area contributed by atoms with Crippen molar-refractivity contribution in [2.45, 2.75) is 31.6 Å². The molecule has 3 unspecified atom stereocenters. The van der Waals surface area contributed by atoms with E-state index < -0.39 is 0 Å². The van der Waals surface area contributed by atoms with Crippen LogP contribution >= 0.6 is 0 Å². The number of rotatable bonds is 8. The van der Waals surface area contributed by atoms with Crippen molar-refractivity contribution in [2.24, 2.45) is 0 Å². The summed E-state index contributed by atoms with van der Waals surface area (Å²) in [4.78, 5) is 0. The molecule has 2 rings (SSSR count). The zero-order valence-electron chi connectivity index (χ0n) is 12.0. The van der Waals surface area contributed by atoms with Gasteiger partial charge in [-0.15, -0.1) is 0 Å². The molecule has 0 bridgehead atoms. The molecule has 1 saturated carbocycles. The van der Waals surface area contributed by atoms with Crippen molar-refractivity contribution in [1.82, 2.24) is 5.32 Å². The van der Waals surface area contributed by atoms with Gasteiger partial charge in [-0.3, -0.25) is 0 Å². The number of halogens is 1. The first-order chi connectivity index (χ1) is 9.74. The Morgan fingerprint density at radius 3 is 2.90 bits per heavy atom. The molecule has 0 spiro atoms. The van der Waals surface area contributed by atoms with E-state index in [1.807, 2.05) is 0 Å². The van der Waals surface area contributed by atoms with Gasteiger partial charge in [0.05, 0.1) is 13.2 Å². The van der Waals surface area contributed by atoms with Crippen LogP contribution in [0.5, 0.6) is 5.75 Å². The fourth-order valence-corrected chi connectivity index (χ4v) is 2.36. The quantitative estimate of drug-likeness (QED) is 0.741. The van der Waals surface area contributed by atoms with Gasteiger partial charge in [0, 0.05) is 25.6 Å². The predicted octanol–water partition coefficient (Wildman–Crippen LogP) is 1.99. The van der Waals surface area contributed by atoms with E-state index >= 15 is 0 Å². The summed E-state index contributed by atoms with van der Waals surface area (Å²) in [7, 11) is 1.65. The van der Waals surface area contributed by atoms with Gasteiger partial charge in [-0.2, -0.15) is 0 Å². The minimum absolute atomic E-state index is 0.0200. The number of methoxy groups -OCH3 is 1. The molecule has 0 heterocycles. The highest BCUT2D eigenvalue weighted by molar-refractivity contribution is 5.23. The van der Waals surface area contributed by atoms with E-state index in [1.165, 1.54) is 12.1 Å². The zero-order chi connectivity index (χ0) is 14.4. The Hall–Kier alpha value is -1.17. The highest BCUT2D eigenvalue weighted by atomic mass is 19.1. The summed E-state index contributed by atoms with van der Waals surface area (Å²) in [5, 5.41) is 3.37. The van der Waals surface area contributed by atoms with Gasteiger partial charge in [0.2, 0.25) is 0 Å². The lowest BCUT2D eigenvalue weighted by Crippen LogP contribution is -2.61. The Morgan fingerprint density at radius 1 is 1.35 bits per heavy atom. The largest absolute Gasteiger partial charge is 0.487 e. The van der Waals surface area contributed by atoms with Crippen LogP contribution in [0, 0.1) is 5.82 Å². The standard InChI is InChI=1S/C15H22FNO3/c1-3-17-13-10-14(15(13)19-8-7-18-2)20-12-6-4-5-11(16)9-12/h4-6,9,13-15,17H,3,7-8,10H2,1-2H3. The Balaban J connectivity index is 1.89. The SMILES string of the molecule is CCNC1CC(Oc2cccc(F)c2)C1OCCOC. The van der Waals surface area contributed by atoms with Crippen LogP contribution in [0.2, 0.25) is 0 Å². The highest BCUT2D eigenvalue weighted by Gasteiger charge is 2.43. The maximum absolute atomic E-state index is 13.1. The summed E-state index contributed by atoms with van der Waals surface area (Å²) in [5.74, 6) is 0.257. The third kappa shape index (κ3) is 3.91. The van der Waals surface area contributed by atoms with Crippen LogP contribution < -0.4 is 10.1 Å². The second kappa shape index (κ2) is 7.57. The second-order valence-electron chi connectivity index (χ2n) is 4.84. The first-order valence-electron chi connectivity index (χ1n) is 7.00. The molecule has 3 atom stereocenters. The minimum atomic E-state index is -0.290. The third-order valence-electron chi connectivity index (χ3n) is 3.40. The molecule has 1 aromatic carbocycles. The predicted molar refractivity (Wildman–Crippen MR) is 74.5 cm³/mol. The normalized spacial score (nSPS) is 25.2. The number of hydrogen-bond acceptors (Lipinski definition) is 4. The van der Waals surface area contributed by atoms with Crippen molar-refractivity contribution in [3.8, 4) is 5.75 Å². The van der Waals surface area contributed by atoms with Crippen LogP contribution in [0.25, 0.3) is 0 Å². The van der Waals surface area contributed by atoms with Crippen LogP contribution in [0.1, 0.15) is 13.3 Å². The molecule has 0 amide bonds. The van der Waals surface area contributed by atoms with Gasteiger partial charge in [0.15, 0.2) is 0 Å². The van der Waals surface area contributed by atoms with Crippen molar-refractivity contribution in [2.75, 3.05) is 26.9 Å². The molecular formula is C15H22FNO3. The number of ether oxygens (including phenoxy) is 3. The lowest BCUT2D eigenvalue weighted by molar-refractivity contribution is -0.115. The van der Waals surface area contributed by atoms with Crippen LogP contribution in [-0.2, 0) is 9.47 Å². The Labute approximate surface area is 119 Å². The molecule has 1 aliphatic rings. The van der Waals surface area contributed by atoms with Crippen LogP contribution in [0.4, 0.5) is 4.39 Å². The van der Waals surface area contributed by atoms with Crippen molar-refractivity contribution in [3.05, 3.63) is 30.1 Å². The fourth-order valence-electron chi connectivity index (χ4n) is 2.36. The molecule has 112 valence electrons. The number of likely N-dealkylation sites (N-methyl/N-ethyl adjacent to an activating group) is 1. The van der Waals surface area contributed by atoms with E-state index in [1.54, 1.807) is 19.2 Å². The van der Waals surface area contributed by atoms with E-state index in [0.717, 1.165) is 13.0 Å². The van der Waals surface area contributed by atoms with Crippen molar-refractivity contribution in [1.29, 1.82) is 0 Å². The molecule has 1 aliphatic carbocycles. The van der Waals surface area contributed by atoms with Gasteiger partial charge in [-0.25, -0.2) is 4.39 Å². The Kier molecular flexibility index (Phi) is 5.76. The summed E-state index contributed by atoms with van der Waals surface area (Å²) in [6.07, 6.45) is 0.799. The molecule has 0 saturated heterocycles. The van der Waals surface area contributed by atoms with Crippen LogP contribution in [0.3, 0.4) is 0 Å². The van der Waals surface area contributed by atoms with Gasteiger partial charge >= 0.3 is 0 Å². The Bertz CT molecular complexity index is 416. The molecule has 1 fully saturated rings. The second-order valence-corrected chi connectivity index (χ2v) is 4.84. The number of benzene rings is 1. The summed E-state index contributed by atoms with van der Waals surface area (Å²) in [6, 6.07) is 6.49. The van der Waals surface area contributed by atoms with E-state index in [9.17, 15) is 4.39 Å². The molecule has 5 heteroatoms. The van der Waals surface area contributed by atoms with Gasteiger partial charge < -0.3 is 19.5 Å². The Morgan fingerprint density at radius 2 is 2.20 bits per heavy atom. The summed E-state index contributed by atoms with van der Waals surface area (Å²) in [5.41, 5.74) is 0.